The number of anilines is 1. The van der Waals surface area contributed by atoms with Gasteiger partial charge in [-0.3, -0.25) is 14.4 Å². The summed E-state index contributed by atoms with van der Waals surface area (Å²) < 4.78 is 106. The quantitative estimate of drug-likeness (QED) is 0.0334. The van der Waals surface area contributed by atoms with Crippen LogP contribution in [0.25, 0.3) is 11.1 Å². The molecule has 1 aromatic carbocycles. The number of aromatic amines is 1. The van der Waals surface area contributed by atoms with Crippen molar-refractivity contribution in [3.05, 3.63) is 47.6 Å². The number of aromatic nitrogens is 2. The first-order valence-corrected chi connectivity index (χ1v) is 51.6. The van der Waals surface area contributed by atoms with E-state index in [1.807, 2.05) is 40.7 Å². The Morgan fingerprint density at radius 3 is 1.80 bits per heavy atom. The summed E-state index contributed by atoms with van der Waals surface area (Å²) in [5.41, 5.74) is -0.316. The number of carbonyl (C=O) groups is 4. The van der Waals surface area contributed by atoms with Crippen LogP contribution in [0.2, 0.25) is 0 Å². The first-order chi connectivity index (χ1) is 64.0. The fourth-order valence-corrected chi connectivity index (χ4v) is 27.5. The van der Waals surface area contributed by atoms with Crippen LogP contribution in [0, 0.1) is 101 Å². The van der Waals surface area contributed by atoms with Crippen molar-refractivity contribution in [2.75, 3.05) is 39.8 Å². The monoisotopic (exact) mass is 1930 g/mol. The number of rotatable bonds is 26. The van der Waals surface area contributed by atoms with Crippen molar-refractivity contribution in [1.82, 2.24) is 9.97 Å². The van der Waals surface area contributed by atoms with Gasteiger partial charge in [0.2, 0.25) is 0 Å². The molecule has 137 heavy (non-hydrogen) atoms. The number of carboxylic acid groups (broad SMARTS) is 3. The molecule has 20 unspecified atom stereocenters. The Bertz CT molecular complexity index is 4540. The van der Waals surface area contributed by atoms with E-state index < -0.39 is 113 Å². The molecule has 13 aliphatic heterocycles. The number of carboxylic acids is 3. The van der Waals surface area contributed by atoms with Gasteiger partial charge in [-0.25, -0.2) is 9.78 Å². The number of benzene rings is 1. The zero-order valence-electron chi connectivity index (χ0n) is 85.5. The zero-order chi connectivity index (χ0) is 99.1. The minimum absolute atomic E-state index is 0. The fraction of sp³-hybridized carbons (Fsp3) is 0.858. The molecule has 3 aromatic rings. The van der Waals surface area contributed by atoms with Crippen LogP contribution in [0.15, 0.2) is 34.9 Å². The summed E-state index contributed by atoms with van der Waals surface area (Å²) >= 11 is 0. The lowest BCUT2D eigenvalue weighted by Crippen LogP contribution is -2.58. The lowest BCUT2D eigenvalue weighted by Gasteiger charge is -2.53. The molecular weight excluding hydrogens is 1760 g/mol. The van der Waals surface area contributed by atoms with Gasteiger partial charge in [-0.05, 0) is 197 Å². The van der Waals surface area contributed by atoms with Gasteiger partial charge >= 0.3 is 17.9 Å². The number of oxazole rings is 1. The second-order valence-corrected chi connectivity index (χ2v) is 45.8. The number of aliphatic hydroxyl groups is 5. The number of methoxy groups -OCH3 is 2. The minimum Gasteiger partial charge on any atom is -0.481 e. The third kappa shape index (κ3) is 21.3. The number of aromatic carboxylic acids is 1. The first-order valence-electron chi connectivity index (χ1n) is 51.6. The molecule has 0 bridgehead atoms. The molecule has 0 amide bonds. The Kier molecular flexibility index (Phi) is 34.0. The second-order valence-electron chi connectivity index (χ2n) is 45.8. The maximum atomic E-state index is 13.1. The number of nitrogens with one attached hydrogen (secondary N) is 2. The summed E-state index contributed by atoms with van der Waals surface area (Å²) in [5, 5.41) is 85.2. The summed E-state index contributed by atoms with van der Waals surface area (Å²) in [4.78, 5) is 56.3. The Labute approximate surface area is 812 Å². The number of H-pyrrole nitrogens is 1. The molecule has 13 aliphatic rings. The average Bonchev–Trinajstić information content (AvgIpc) is 1.57. The summed E-state index contributed by atoms with van der Waals surface area (Å²) in [7, 11) is 4.97. The molecule has 778 valence electrons. The van der Waals surface area contributed by atoms with E-state index in [4.69, 9.17) is 75.5 Å². The van der Waals surface area contributed by atoms with Gasteiger partial charge in [-0.15, -0.1) is 0 Å². The lowest BCUT2D eigenvalue weighted by atomic mass is 9.75. The molecule has 3 spiro atoms. The predicted octanol–water partition coefficient (Wildman–Crippen LogP) is 16.1. The topological polar surface area (TPSA) is 422 Å². The van der Waals surface area contributed by atoms with Crippen molar-refractivity contribution in [3.63, 3.8) is 0 Å². The molecule has 10 N–H and O–H groups in total. The van der Waals surface area contributed by atoms with Crippen LogP contribution in [-0.4, -0.2) is 264 Å². The molecule has 31 heteroatoms. The van der Waals surface area contributed by atoms with Gasteiger partial charge in [-0.2, -0.15) is 0 Å². The standard InChI is InChI=1S/C40H68O11.C36H62O11.C29H37N3O6.CH4/c1-21-11-12-28(46-33(21)26(6)36(42)43)17-29-18-30(45-10)27(7)40(48-29)25(5)19-38(9,51-40)32-13-14-37(8,49-32)35-23(3)16-31(47-35)34-22(2)15-24(4)39(44,20-41)50-34;1-10-34(31-20(3)16-26(43-31)28-19(2)15-21(4)36(41,18-37)46-28)12-11-27(44-34)33(8)13-14-35(47-33)17-25(38)22(5)30(45-35)23(6)29(42-9)24(7)32(39)40;1-15-10-11-29(17(3)13-16(2)27(38-29)18(4)26(33)20-7-6-12-31-20)37-22(15)14-23-32-25-21(36-23)9-8-19(30-5)24(25)28(34)35;/h21-35,41,44H,11-20H2,1-10H3,(H,42,43);19-31,37-38,41H,10-18H2,1-9H3,(H,39,40);6-9,12,15-18,22,27,30-31H,10-11,13-14H2,1-5H3,(H,34,35);1H4/t21-,22-,23-,24+,25+,26+,27+,28?,29?,30?,31?,32?,33?,34?,35?,37-,38-,39-,40?;19-,20-,21+,22+,23-,24?,25?,26?,27?,28?,29?,30?,31?,33-,34-,35?,36-;15-,16+,17+,18?,22-,27-,29?;/m000./s1. The van der Waals surface area contributed by atoms with Crippen molar-refractivity contribution >= 4 is 40.5 Å². The predicted molar refractivity (Wildman–Crippen MR) is 510 cm³/mol. The fourth-order valence-electron chi connectivity index (χ4n) is 27.5. The van der Waals surface area contributed by atoms with Crippen molar-refractivity contribution in [3.8, 4) is 0 Å². The highest BCUT2D eigenvalue weighted by atomic mass is 16.7. The molecule has 13 saturated heterocycles. The van der Waals surface area contributed by atoms with Crippen LogP contribution in [0.4, 0.5) is 5.69 Å². The zero-order valence-corrected chi connectivity index (χ0v) is 85.5. The van der Waals surface area contributed by atoms with Gasteiger partial charge in [0.1, 0.15) is 11.1 Å². The second kappa shape index (κ2) is 42.6. The number of aliphatic carboxylic acids is 2. The van der Waals surface area contributed by atoms with Crippen molar-refractivity contribution < 1.29 is 136 Å². The summed E-state index contributed by atoms with van der Waals surface area (Å²) in [6.07, 6.45) is 13.1. The van der Waals surface area contributed by atoms with Crippen LogP contribution in [0.3, 0.4) is 0 Å². The Balaban J connectivity index is 0.000000175. The molecule has 43 atom stereocenters. The minimum atomic E-state index is -1.56. The average molecular weight is 1940 g/mol. The van der Waals surface area contributed by atoms with Gasteiger partial charge in [-0.1, -0.05) is 118 Å². The van der Waals surface area contributed by atoms with Gasteiger partial charge in [0.05, 0.1) is 169 Å². The summed E-state index contributed by atoms with van der Waals surface area (Å²) in [6, 6.07) is 7.05. The number of carbonyl (C=O) groups excluding carboxylic acids is 1. The van der Waals surface area contributed by atoms with E-state index in [-0.39, 0.29) is 193 Å². The normalized spacial score (nSPS) is 46.1. The maximum Gasteiger partial charge on any atom is 0.340 e. The third-order valence-corrected chi connectivity index (χ3v) is 36.0. The van der Waals surface area contributed by atoms with Crippen molar-refractivity contribution in [2.24, 2.45) is 101 Å². The number of hydrogen-bond donors (Lipinski definition) is 10. The molecule has 2 aromatic heterocycles. The summed E-state index contributed by atoms with van der Waals surface area (Å²) in [6.45, 7) is 42.4. The van der Waals surface area contributed by atoms with Crippen LogP contribution in [-0.2, 0) is 87.1 Å². The number of hydrogen-bond acceptors (Lipinski definition) is 27. The number of Topliss-reactive ketones (excluding diaryl/α,β-unsaturated/α-hetero) is 1. The molecule has 0 aliphatic carbocycles. The van der Waals surface area contributed by atoms with Gasteiger partial charge < -0.3 is 127 Å². The number of ether oxygens (including phenoxy) is 15. The number of ketones is 1. The molecule has 0 radical (unpaired) electrons. The number of aliphatic hydroxyl groups excluding tert-OH is 3. The lowest BCUT2D eigenvalue weighted by molar-refractivity contribution is -0.355. The highest BCUT2D eigenvalue weighted by molar-refractivity contribution is 6.06. The molecular formula is C106H171N3O28. The third-order valence-electron chi connectivity index (χ3n) is 36.0. The Morgan fingerprint density at radius 1 is 0.584 bits per heavy atom. The molecule has 15 heterocycles. The highest BCUT2D eigenvalue weighted by Crippen LogP contribution is 2.60. The van der Waals surface area contributed by atoms with Crippen LogP contribution >= 0.6 is 0 Å². The van der Waals surface area contributed by atoms with E-state index in [1.165, 1.54) is 7.11 Å². The van der Waals surface area contributed by atoms with E-state index in [1.54, 1.807) is 52.4 Å². The largest absolute Gasteiger partial charge is 0.481 e. The SMILES string of the molecule is C.CC[C@@]1(C2OC(C3O[C@@](O)(CO)[C@H](C)C[C@@H]3C)C[C@@H]2C)CCC([C@]2(C)CCC3(CC(O)[C@@H](C)C([C@@H](C)C(OC)C(C)C(=O)O)O3)O2)O1.CNc1ccc2oc(C[C@@H]3OC4(CC[C@@H]3C)O[C@H](C(C)C(=O)c3ccc[nH]3)[C@H](C)C[C@H]4C)nc2c1C(=O)O.COC1CC(CC2CC[C@H](C)C([C@@H](C)C(=O)O)O2)OC2(O[C@](C)(C3CC[C@@](C)(C4OC(C5O[C@@](O)(CO)[C@H](C)C[C@@H]5C)C[C@@H]4C)O3)C[C@H]2C)[C@@H]1C. The van der Waals surface area contributed by atoms with Gasteiger partial charge in [0.15, 0.2) is 46.2 Å². The smallest absolute Gasteiger partial charge is 0.340 e. The molecule has 0 saturated carbocycles. The van der Waals surface area contributed by atoms with Crippen LogP contribution in [0.1, 0.15) is 308 Å². The number of fused-ring (bicyclic) bond motifs is 1. The molecule has 13 fully saturated rings. The van der Waals surface area contributed by atoms with Crippen LogP contribution < -0.4 is 5.32 Å². The highest BCUT2D eigenvalue weighted by Gasteiger charge is 2.68. The Morgan fingerprint density at radius 2 is 1.21 bits per heavy atom. The van der Waals surface area contributed by atoms with Gasteiger partial charge in [0.25, 0.3) is 0 Å². The Hall–Kier alpha value is -4.95. The summed E-state index contributed by atoms with van der Waals surface area (Å²) in [5.74, 6) is -8.89. The van der Waals surface area contributed by atoms with E-state index in [0.717, 1.165) is 103 Å². The van der Waals surface area contributed by atoms with Crippen LogP contribution in [0.5, 0.6) is 0 Å². The van der Waals surface area contributed by atoms with E-state index in [2.05, 4.69) is 112 Å². The van der Waals surface area contributed by atoms with E-state index in [9.17, 15) is 60.0 Å². The first kappa shape index (κ1) is 109. The van der Waals surface area contributed by atoms with E-state index in [0.29, 0.717) is 60.5 Å². The van der Waals surface area contributed by atoms with E-state index >= 15 is 0 Å². The number of nitrogens with zero attached hydrogens (tertiary/aromatic N) is 1. The van der Waals surface area contributed by atoms with Gasteiger partial charge in [0, 0.05) is 107 Å². The maximum absolute atomic E-state index is 13.1. The molecule has 31 nitrogen and oxygen atoms in total. The van der Waals surface area contributed by atoms with Crippen molar-refractivity contribution in [1.29, 1.82) is 0 Å². The van der Waals surface area contributed by atoms with Crippen molar-refractivity contribution in [2.45, 2.75) is 443 Å². The molecule has 16 rings (SSSR count).